The van der Waals surface area contributed by atoms with Crippen LogP contribution < -0.4 is 10.1 Å². The highest BCUT2D eigenvalue weighted by Crippen LogP contribution is 2.51. The number of carbonyl (C=O) groups is 2. The first-order valence-corrected chi connectivity index (χ1v) is 26.1. The lowest BCUT2D eigenvalue weighted by atomic mass is 9.65. The van der Waals surface area contributed by atoms with Gasteiger partial charge >= 0.3 is 0 Å². The van der Waals surface area contributed by atoms with Gasteiger partial charge in [0.05, 0.1) is 23.7 Å². The Hall–Kier alpha value is -6.36. The molecule has 0 amide bonds. The number of nitrogens with one attached hydrogen (secondary N) is 3. The average molecular weight is 972 g/mol. The number of hydrogen-bond acceptors (Lipinski definition) is 10. The van der Waals surface area contributed by atoms with Crippen LogP contribution in [0, 0.1) is 23.7 Å². The zero-order chi connectivity index (χ0) is 49.7. The van der Waals surface area contributed by atoms with Crippen LogP contribution in [0.25, 0.3) is 12.2 Å². The number of carbonyl (C=O) groups excluding carboxylic acids is 2. The molecular weight excluding hydrogens is 907 g/mol. The maximum Gasteiger partial charge on any atom is 0.163 e. The highest BCUT2D eigenvalue weighted by atomic mass is 16.5. The largest absolute Gasteiger partial charge is 0.507 e. The summed E-state index contributed by atoms with van der Waals surface area (Å²) in [5.41, 5.74) is 5.86. The van der Waals surface area contributed by atoms with E-state index >= 15 is 4.79 Å². The SMILES string of the molecule is O=C1CCc2cc(OC3CCCC3)c(O)c(c2)C(O)c2ccc3c(c2)Cc2cc[nH]c2NC(C#CCC(O)C32CCCC2)C2=Cc3[nH]ccc3C(CC3(O)C=Cc4c(O)cccc4CC3)C2C(=O)C1CCO. The number of phenols is 2. The van der Waals surface area contributed by atoms with Crippen molar-refractivity contribution in [3.05, 3.63) is 140 Å². The quantitative estimate of drug-likeness (QED) is 0.0584. The van der Waals surface area contributed by atoms with Crippen molar-refractivity contribution in [3.63, 3.8) is 0 Å². The molecule has 2 fully saturated rings. The van der Waals surface area contributed by atoms with Gasteiger partial charge in [-0.2, -0.15) is 0 Å². The van der Waals surface area contributed by atoms with Gasteiger partial charge in [0, 0.05) is 72.3 Å². The van der Waals surface area contributed by atoms with E-state index in [0.29, 0.717) is 47.3 Å². The summed E-state index contributed by atoms with van der Waals surface area (Å²) < 4.78 is 6.47. The molecule has 2 aliphatic heterocycles. The van der Waals surface area contributed by atoms with Gasteiger partial charge in [0.25, 0.3) is 0 Å². The Bertz CT molecular complexity index is 3010. The van der Waals surface area contributed by atoms with E-state index in [1.165, 1.54) is 0 Å². The summed E-state index contributed by atoms with van der Waals surface area (Å²) in [7, 11) is 0. The molecule has 9 N–H and O–H groups in total. The molecule has 0 saturated heterocycles. The van der Waals surface area contributed by atoms with Crippen molar-refractivity contribution in [1.29, 1.82) is 0 Å². The molecule has 2 aromatic heterocycles. The van der Waals surface area contributed by atoms with Crippen LogP contribution in [0.4, 0.5) is 5.82 Å². The van der Waals surface area contributed by atoms with Crippen LogP contribution in [0.1, 0.15) is 151 Å². The molecule has 11 rings (SSSR count). The standard InChI is InChI=1S/C60H65N3O9/c64-28-21-43-51(66)16-13-35-29-45(56(69)52(30-35)72-40-8-1-2-9-40)55(68)37-14-15-47-39(31-37)32-38-19-26-62-58(38)63-48(10-6-12-53(67)60(47)22-3-4-23-60)44-33-49-42(20-27-61-49)46(54(44)57(43)70)34-59(71)24-17-36-7-5-11-50(65)41(36)18-25-59/h5,7,11,14-15,18-20,25-27,29-31,33,40,43,46,48,53-55,61-65,67-69,71H,1-4,8-9,12-13,16-17,21-24,28,32,34H2. The molecular formula is C60H65N3O9. The van der Waals surface area contributed by atoms with Crippen molar-refractivity contribution < 1.29 is 45.0 Å². The van der Waals surface area contributed by atoms with Crippen LogP contribution in [-0.4, -0.2) is 82.6 Å². The zero-order valence-corrected chi connectivity index (χ0v) is 40.6. The summed E-state index contributed by atoms with van der Waals surface area (Å²) in [5, 5.41) is 74.9. The third-order valence-corrected chi connectivity index (χ3v) is 17.1. The minimum Gasteiger partial charge on any atom is -0.507 e. The van der Waals surface area contributed by atoms with Gasteiger partial charge < -0.3 is 50.7 Å². The van der Waals surface area contributed by atoms with Crippen molar-refractivity contribution in [2.75, 3.05) is 11.9 Å². The number of H-pyrrole nitrogens is 2. The lowest BCUT2D eigenvalue weighted by molar-refractivity contribution is -0.135. The number of aromatic hydroxyl groups is 2. The first-order chi connectivity index (χ1) is 34.9. The van der Waals surface area contributed by atoms with Crippen LogP contribution in [0.3, 0.4) is 0 Å². The van der Waals surface area contributed by atoms with Gasteiger partial charge in [-0.05, 0) is 152 Å². The Morgan fingerprint density at radius 3 is 2.47 bits per heavy atom. The number of Topliss-reactive ketones (excluding diaryl/α,β-unsaturated/α-hetero) is 2. The highest BCUT2D eigenvalue weighted by molar-refractivity contribution is 6.05. The Morgan fingerprint density at radius 2 is 1.65 bits per heavy atom. The fourth-order valence-electron chi connectivity index (χ4n) is 13.2. The zero-order valence-electron chi connectivity index (χ0n) is 40.6. The Kier molecular flexibility index (Phi) is 13.0. The third kappa shape index (κ3) is 8.89. The van der Waals surface area contributed by atoms with Crippen molar-refractivity contribution >= 4 is 29.5 Å². The molecule has 5 aromatic rings. The van der Waals surface area contributed by atoms with Crippen molar-refractivity contribution in [1.82, 2.24) is 9.97 Å². The molecule has 12 nitrogen and oxygen atoms in total. The fraction of sp³-hybridized carbons (Fsp3) is 0.433. The third-order valence-electron chi connectivity index (χ3n) is 17.1. The van der Waals surface area contributed by atoms with E-state index in [-0.39, 0.29) is 66.8 Å². The number of anilines is 1. The summed E-state index contributed by atoms with van der Waals surface area (Å²) in [6.45, 7) is -0.426. The van der Waals surface area contributed by atoms with E-state index in [1.807, 2.05) is 54.9 Å². The first kappa shape index (κ1) is 47.9. The predicted molar refractivity (Wildman–Crippen MR) is 275 cm³/mol. The van der Waals surface area contributed by atoms with Crippen LogP contribution in [-0.2, 0) is 34.3 Å². The number of phenolic OH excluding ortho intramolecular Hbond substituents is 2. The molecule has 5 bridgehead atoms. The molecule has 3 aromatic carbocycles. The lowest BCUT2D eigenvalue weighted by Crippen LogP contribution is -2.43. The van der Waals surface area contributed by atoms with E-state index in [4.69, 9.17) is 4.74 Å². The van der Waals surface area contributed by atoms with Crippen LogP contribution in [0.5, 0.6) is 17.2 Å². The summed E-state index contributed by atoms with van der Waals surface area (Å²) in [5.74, 6) is 4.04. The van der Waals surface area contributed by atoms with E-state index in [9.17, 15) is 35.4 Å². The molecule has 4 aliphatic carbocycles. The Morgan fingerprint density at radius 1 is 0.833 bits per heavy atom. The smallest absolute Gasteiger partial charge is 0.163 e. The predicted octanol–water partition coefficient (Wildman–Crippen LogP) is 8.77. The number of ether oxygens (including phenoxy) is 1. The van der Waals surface area contributed by atoms with E-state index < -0.39 is 59.4 Å². The number of aryl methyl sites for hydroxylation is 2. The summed E-state index contributed by atoms with van der Waals surface area (Å²) >= 11 is 0. The van der Waals surface area contributed by atoms with Crippen LogP contribution in [0.2, 0.25) is 0 Å². The molecule has 12 heteroatoms. The highest BCUT2D eigenvalue weighted by Gasteiger charge is 2.48. The monoisotopic (exact) mass is 971 g/mol. The molecule has 4 heterocycles. The number of aliphatic hydroxyl groups is 4. The van der Waals surface area contributed by atoms with Crippen molar-refractivity contribution in [2.24, 2.45) is 11.8 Å². The molecule has 7 unspecified atom stereocenters. The Balaban J connectivity index is 1.09. The number of aromatic nitrogens is 2. The number of fused-ring (bicyclic) bond motifs is 9. The number of hydrogen-bond donors (Lipinski definition) is 9. The first-order valence-electron chi connectivity index (χ1n) is 26.1. The second-order valence-electron chi connectivity index (χ2n) is 21.4. The molecule has 2 saturated carbocycles. The normalized spacial score (nSPS) is 27.0. The van der Waals surface area contributed by atoms with Crippen LogP contribution in [0.15, 0.2) is 84.7 Å². The van der Waals surface area contributed by atoms with Crippen molar-refractivity contribution in [2.45, 2.75) is 144 Å². The molecule has 0 radical (unpaired) electrons. The molecule has 374 valence electrons. The minimum atomic E-state index is -1.45. The molecule has 1 spiro atoms. The van der Waals surface area contributed by atoms with Gasteiger partial charge in [0.15, 0.2) is 17.3 Å². The van der Waals surface area contributed by atoms with Crippen LogP contribution >= 0.6 is 0 Å². The fourth-order valence-corrected chi connectivity index (χ4v) is 13.2. The lowest BCUT2D eigenvalue weighted by Gasteiger charge is -2.39. The van der Waals surface area contributed by atoms with Gasteiger partial charge in [-0.1, -0.05) is 67.2 Å². The summed E-state index contributed by atoms with van der Waals surface area (Å²) in [4.78, 5) is 37.7. The summed E-state index contributed by atoms with van der Waals surface area (Å²) in [6, 6.07) is 17.9. The van der Waals surface area contributed by atoms with Gasteiger partial charge in [-0.15, -0.1) is 0 Å². The Labute approximate surface area is 420 Å². The van der Waals surface area contributed by atoms with E-state index in [2.05, 4.69) is 27.1 Å². The van der Waals surface area contributed by atoms with E-state index in [1.54, 1.807) is 36.4 Å². The van der Waals surface area contributed by atoms with Crippen molar-refractivity contribution in [3.8, 4) is 29.1 Å². The number of benzene rings is 3. The molecule has 6 aliphatic rings. The summed E-state index contributed by atoms with van der Waals surface area (Å²) in [6.07, 6.45) is 15.3. The topological polar surface area (TPSA) is 208 Å². The number of aliphatic hydroxyl groups excluding tert-OH is 3. The second kappa shape index (κ2) is 19.6. The van der Waals surface area contributed by atoms with Gasteiger partial charge in [-0.25, -0.2) is 0 Å². The van der Waals surface area contributed by atoms with Gasteiger partial charge in [0.1, 0.15) is 29.5 Å². The number of ketones is 2. The second-order valence-corrected chi connectivity index (χ2v) is 21.4. The average Bonchev–Trinajstić information content (AvgIpc) is 4.23. The molecule has 72 heavy (non-hydrogen) atoms. The maximum atomic E-state index is 16.0. The number of aromatic amines is 2. The number of rotatable bonds is 6. The minimum absolute atomic E-state index is 0.0774. The molecule has 7 atom stereocenters. The van der Waals surface area contributed by atoms with Gasteiger partial charge in [0.2, 0.25) is 0 Å². The van der Waals surface area contributed by atoms with E-state index in [0.717, 1.165) is 84.9 Å². The maximum absolute atomic E-state index is 16.0. The van der Waals surface area contributed by atoms with Gasteiger partial charge in [-0.3, -0.25) is 9.59 Å².